The fourth-order valence-electron chi connectivity index (χ4n) is 1.85. The van der Waals surface area contributed by atoms with Gasteiger partial charge in [-0.15, -0.1) is 0 Å². The van der Waals surface area contributed by atoms with E-state index in [-0.39, 0.29) is 0 Å². The molecule has 1 aromatic carbocycles. The van der Waals surface area contributed by atoms with Crippen molar-refractivity contribution in [1.82, 2.24) is 9.78 Å². The lowest BCUT2D eigenvalue weighted by atomic mass is 10.2. The van der Waals surface area contributed by atoms with Gasteiger partial charge in [-0.3, -0.25) is 4.68 Å². The van der Waals surface area contributed by atoms with E-state index in [4.69, 9.17) is 0 Å². The molecular formula is C14H18BrN3. The number of benzene rings is 1. The molecule has 1 aromatic heterocycles. The lowest BCUT2D eigenvalue weighted by Crippen LogP contribution is -2.01. The number of hydrogen-bond donors (Lipinski definition) is 1. The second-order valence-electron chi connectivity index (χ2n) is 4.38. The van der Waals surface area contributed by atoms with Gasteiger partial charge in [0.2, 0.25) is 0 Å². The van der Waals surface area contributed by atoms with Crippen LogP contribution in [0.3, 0.4) is 0 Å². The average molecular weight is 308 g/mol. The van der Waals surface area contributed by atoms with Gasteiger partial charge in [-0.2, -0.15) is 5.10 Å². The second-order valence-corrected chi connectivity index (χ2v) is 5.23. The first kappa shape index (κ1) is 13.1. The number of halogens is 1. The van der Waals surface area contributed by atoms with Crippen LogP contribution >= 0.6 is 15.9 Å². The average Bonchev–Trinajstić information content (AvgIpc) is 2.79. The first-order chi connectivity index (χ1) is 8.70. The quantitative estimate of drug-likeness (QED) is 0.905. The minimum Gasteiger partial charge on any atom is -0.381 e. The highest BCUT2D eigenvalue weighted by atomic mass is 79.9. The van der Waals surface area contributed by atoms with Crippen LogP contribution in [0.25, 0.3) is 0 Å². The van der Waals surface area contributed by atoms with E-state index in [0.717, 1.165) is 29.7 Å². The molecule has 0 unspecified atom stereocenters. The third-order valence-corrected chi connectivity index (χ3v) is 3.75. The standard InChI is InChI=1S/C14H18BrN3/c1-3-7-18-10-12(9-17-18)8-16-14-6-4-5-13(15)11(14)2/h4-6,9-10,16H,3,7-8H2,1-2H3. The Hall–Kier alpha value is -1.29. The minimum atomic E-state index is 0.807. The molecule has 0 spiro atoms. The maximum atomic E-state index is 4.33. The Balaban J connectivity index is 2.00. The highest BCUT2D eigenvalue weighted by Crippen LogP contribution is 2.23. The summed E-state index contributed by atoms with van der Waals surface area (Å²) in [4.78, 5) is 0. The van der Waals surface area contributed by atoms with Gasteiger partial charge in [-0.05, 0) is 31.0 Å². The molecule has 2 rings (SSSR count). The molecule has 2 aromatic rings. The summed E-state index contributed by atoms with van der Waals surface area (Å²) in [6.45, 7) is 6.05. The topological polar surface area (TPSA) is 29.9 Å². The SMILES string of the molecule is CCCn1cc(CNc2cccc(Br)c2C)cn1. The van der Waals surface area contributed by atoms with Gasteiger partial charge in [0.15, 0.2) is 0 Å². The summed E-state index contributed by atoms with van der Waals surface area (Å²) < 4.78 is 3.12. The molecule has 0 saturated heterocycles. The molecule has 0 fully saturated rings. The lowest BCUT2D eigenvalue weighted by molar-refractivity contribution is 0.602. The second kappa shape index (κ2) is 6.05. The molecule has 0 aliphatic carbocycles. The van der Waals surface area contributed by atoms with Crippen molar-refractivity contribution >= 4 is 21.6 Å². The van der Waals surface area contributed by atoms with Crippen molar-refractivity contribution in [1.29, 1.82) is 0 Å². The predicted molar refractivity (Wildman–Crippen MR) is 78.7 cm³/mol. The molecule has 0 aliphatic rings. The van der Waals surface area contributed by atoms with Crippen molar-refractivity contribution in [2.75, 3.05) is 5.32 Å². The Morgan fingerprint density at radius 3 is 3.00 bits per heavy atom. The molecule has 0 aliphatic heterocycles. The fraction of sp³-hybridized carbons (Fsp3) is 0.357. The van der Waals surface area contributed by atoms with Crippen molar-refractivity contribution in [2.45, 2.75) is 33.4 Å². The van der Waals surface area contributed by atoms with Gasteiger partial charge in [-0.1, -0.05) is 28.9 Å². The maximum absolute atomic E-state index is 4.33. The molecule has 0 amide bonds. The maximum Gasteiger partial charge on any atom is 0.0539 e. The Bertz CT molecular complexity index is 520. The third-order valence-electron chi connectivity index (χ3n) is 2.89. The van der Waals surface area contributed by atoms with Crippen molar-refractivity contribution < 1.29 is 0 Å². The smallest absolute Gasteiger partial charge is 0.0539 e. The van der Waals surface area contributed by atoms with Crippen LogP contribution in [0, 0.1) is 6.92 Å². The number of nitrogens with one attached hydrogen (secondary N) is 1. The van der Waals surface area contributed by atoms with E-state index in [0.29, 0.717) is 0 Å². The fourth-order valence-corrected chi connectivity index (χ4v) is 2.21. The zero-order valence-corrected chi connectivity index (χ0v) is 12.4. The van der Waals surface area contributed by atoms with E-state index in [1.807, 2.05) is 16.9 Å². The van der Waals surface area contributed by atoms with E-state index in [1.54, 1.807) is 0 Å². The summed E-state index contributed by atoms with van der Waals surface area (Å²) in [5.74, 6) is 0. The number of hydrogen-bond acceptors (Lipinski definition) is 2. The molecule has 1 N–H and O–H groups in total. The van der Waals surface area contributed by atoms with Gasteiger partial charge < -0.3 is 5.32 Å². The Labute approximate surface area is 116 Å². The molecule has 0 atom stereocenters. The Kier molecular flexibility index (Phi) is 4.42. The van der Waals surface area contributed by atoms with E-state index in [2.05, 4.69) is 58.5 Å². The number of aryl methyl sites for hydroxylation is 1. The van der Waals surface area contributed by atoms with Crippen molar-refractivity contribution in [2.24, 2.45) is 0 Å². The van der Waals surface area contributed by atoms with Crippen LogP contribution in [0.15, 0.2) is 35.1 Å². The van der Waals surface area contributed by atoms with Crippen LogP contribution in [0.5, 0.6) is 0 Å². The summed E-state index contributed by atoms with van der Waals surface area (Å²) in [5, 5.41) is 7.77. The van der Waals surface area contributed by atoms with Gasteiger partial charge >= 0.3 is 0 Å². The number of aromatic nitrogens is 2. The highest BCUT2D eigenvalue weighted by Gasteiger charge is 2.02. The number of anilines is 1. The first-order valence-electron chi connectivity index (χ1n) is 6.21. The van der Waals surface area contributed by atoms with Crippen LogP contribution in [0.1, 0.15) is 24.5 Å². The highest BCUT2D eigenvalue weighted by molar-refractivity contribution is 9.10. The summed E-state index contributed by atoms with van der Waals surface area (Å²) in [5.41, 5.74) is 3.61. The Morgan fingerprint density at radius 2 is 2.22 bits per heavy atom. The number of nitrogens with zero attached hydrogens (tertiary/aromatic N) is 2. The van der Waals surface area contributed by atoms with Gasteiger partial charge in [0, 0.05) is 35.0 Å². The predicted octanol–water partition coefficient (Wildman–Crippen LogP) is 3.98. The summed E-state index contributed by atoms with van der Waals surface area (Å²) in [6.07, 6.45) is 5.14. The first-order valence-corrected chi connectivity index (χ1v) is 7.00. The van der Waals surface area contributed by atoms with Gasteiger partial charge in [0.1, 0.15) is 0 Å². The Morgan fingerprint density at radius 1 is 1.39 bits per heavy atom. The molecule has 0 radical (unpaired) electrons. The van der Waals surface area contributed by atoms with Crippen molar-refractivity contribution in [3.8, 4) is 0 Å². The minimum absolute atomic E-state index is 0.807. The van der Waals surface area contributed by atoms with E-state index >= 15 is 0 Å². The molecule has 96 valence electrons. The zero-order chi connectivity index (χ0) is 13.0. The van der Waals surface area contributed by atoms with Crippen LogP contribution in [-0.4, -0.2) is 9.78 Å². The van der Waals surface area contributed by atoms with Crippen molar-refractivity contribution in [3.05, 3.63) is 46.2 Å². The largest absolute Gasteiger partial charge is 0.381 e. The number of rotatable bonds is 5. The van der Waals surface area contributed by atoms with E-state index < -0.39 is 0 Å². The summed E-state index contributed by atoms with van der Waals surface area (Å²) >= 11 is 3.54. The summed E-state index contributed by atoms with van der Waals surface area (Å²) in [6, 6.07) is 6.19. The van der Waals surface area contributed by atoms with Crippen LogP contribution in [0.4, 0.5) is 5.69 Å². The monoisotopic (exact) mass is 307 g/mol. The zero-order valence-electron chi connectivity index (χ0n) is 10.8. The van der Waals surface area contributed by atoms with Crippen molar-refractivity contribution in [3.63, 3.8) is 0 Å². The molecule has 0 saturated carbocycles. The molecule has 3 nitrogen and oxygen atoms in total. The molecular weight excluding hydrogens is 290 g/mol. The molecule has 0 bridgehead atoms. The summed E-state index contributed by atoms with van der Waals surface area (Å²) in [7, 11) is 0. The normalized spacial score (nSPS) is 10.6. The third kappa shape index (κ3) is 3.13. The van der Waals surface area contributed by atoms with Crippen LogP contribution in [0.2, 0.25) is 0 Å². The lowest BCUT2D eigenvalue weighted by Gasteiger charge is -2.09. The van der Waals surface area contributed by atoms with Crippen LogP contribution in [-0.2, 0) is 13.1 Å². The van der Waals surface area contributed by atoms with Crippen LogP contribution < -0.4 is 5.32 Å². The molecule has 18 heavy (non-hydrogen) atoms. The molecule has 4 heteroatoms. The van der Waals surface area contributed by atoms with Gasteiger partial charge in [-0.25, -0.2) is 0 Å². The van der Waals surface area contributed by atoms with Gasteiger partial charge in [0.05, 0.1) is 6.20 Å². The molecule has 1 heterocycles. The van der Waals surface area contributed by atoms with E-state index in [9.17, 15) is 0 Å². The van der Waals surface area contributed by atoms with E-state index in [1.165, 1.54) is 11.1 Å². The van der Waals surface area contributed by atoms with Gasteiger partial charge in [0.25, 0.3) is 0 Å².